The minimum absolute atomic E-state index is 0.269. The molecule has 20 heavy (non-hydrogen) atoms. The Hall–Kier alpha value is -1.89. The number of hydrogen-bond donors (Lipinski definition) is 3. The van der Waals surface area contributed by atoms with Crippen molar-refractivity contribution in [3.63, 3.8) is 0 Å². The Bertz CT molecular complexity index is 571. The second-order valence-electron chi connectivity index (χ2n) is 5.32. The van der Waals surface area contributed by atoms with Gasteiger partial charge in [-0.05, 0) is 38.4 Å². The molecule has 3 heterocycles. The van der Waals surface area contributed by atoms with Gasteiger partial charge in [0.05, 0.1) is 11.6 Å². The first-order valence-corrected chi connectivity index (χ1v) is 7.19. The van der Waals surface area contributed by atoms with Crippen molar-refractivity contribution in [1.82, 2.24) is 25.1 Å². The summed E-state index contributed by atoms with van der Waals surface area (Å²) < 4.78 is 0. The summed E-state index contributed by atoms with van der Waals surface area (Å²) in [6.45, 7) is 6.68. The van der Waals surface area contributed by atoms with E-state index >= 15 is 0 Å². The highest BCUT2D eigenvalue weighted by molar-refractivity contribution is 5.86. The number of hydrogen-bond acceptors (Lipinski definition) is 6. The molecule has 0 spiro atoms. The fourth-order valence-corrected chi connectivity index (χ4v) is 2.73. The molecule has 0 atom stereocenters. The molecule has 0 aromatic carbocycles. The maximum absolute atomic E-state index is 5.71. The molecule has 0 radical (unpaired) electrons. The molecule has 108 valence electrons. The van der Waals surface area contributed by atoms with Gasteiger partial charge in [0.2, 0.25) is 5.95 Å². The second-order valence-corrected chi connectivity index (χ2v) is 5.32. The van der Waals surface area contributed by atoms with Crippen molar-refractivity contribution >= 4 is 22.8 Å². The zero-order valence-electron chi connectivity index (χ0n) is 11.8. The molecular formula is C13H21N7. The Balaban J connectivity index is 1.64. The number of nitrogens with zero attached hydrogens (tertiary/aromatic N) is 4. The van der Waals surface area contributed by atoms with Crippen LogP contribution in [-0.4, -0.2) is 51.2 Å². The van der Waals surface area contributed by atoms with Crippen molar-refractivity contribution in [2.24, 2.45) is 5.92 Å². The molecule has 0 unspecified atom stereocenters. The van der Waals surface area contributed by atoms with Gasteiger partial charge < -0.3 is 16.0 Å². The zero-order chi connectivity index (χ0) is 13.9. The smallest absolute Gasteiger partial charge is 0.224 e. The first-order valence-electron chi connectivity index (χ1n) is 7.19. The number of likely N-dealkylation sites (tertiary alicyclic amines) is 1. The Kier molecular flexibility index (Phi) is 3.68. The van der Waals surface area contributed by atoms with Gasteiger partial charge >= 0.3 is 0 Å². The van der Waals surface area contributed by atoms with Gasteiger partial charge in [-0.1, -0.05) is 6.92 Å². The van der Waals surface area contributed by atoms with Crippen molar-refractivity contribution in [3.05, 3.63) is 6.20 Å². The summed E-state index contributed by atoms with van der Waals surface area (Å²) in [6.07, 6.45) is 4.20. The molecule has 1 aliphatic rings. The second kappa shape index (κ2) is 5.62. The van der Waals surface area contributed by atoms with E-state index in [9.17, 15) is 0 Å². The highest BCUT2D eigenvalue weighted by atomic mass is 15.2. The van der Waals surface area contributed by atoms with Gasteiger partial charge in [-0.2, -0.15) is 15.1 Å². The van der Waals surface area contributed by atoms with E-state index in [1.807, 2.05) is 0 Å². The molecule has 2 aromatic rings. The van der Waals surface area contributed by atoms with E-state index in [0.29, 0.717) is 11.6 Å². The van der Waals surface area contributed by atoms with Gasteiger partial charge in [0.25, 0.3) is 0 Å². The molecule has 0 saturated carbocycles. The summed E-state index contributed by atoms with van der Waals surface area (Å²) in [6, 6.07) is 0. The van der Waals surface area contributed by atoms with Crippen LogP contribution in [0.25, 0.3) is 11.0 Å². The molecule has 7 heteroatoms. The zero-order valence-corrected chi connectivity index (χ0v) is 11.8. The standard InChI is InChI=1S/C13H21N7/c1-2-20-5-3-9(4-6-20)7-15-11-10-8-16-19-12(10)18-13(14)17-11/h8-9H,2-7H2,1H3,(H4,14,15,16,17,18,19). The Morgan fingerprint density at radius 3 is 2.95 bits per heavy atom. The van der Waals surface area contributed by atoms with Crippen LogP contribution in [0.2, 0.25) is 0 Å². The maximum atomic E-state index is 5.71. The number of piperidine rings is 1. The van der Waals surface area contributed by atoms with Gasteiger partial charge in [-0.15, -0.1) is 0 Å². The third kappa shape index (κ3) is 2.67. The van der Waals surface area contributed by atoms with Crippen LogP contribution in [0.3, 0.4) is 0 Å². The number of anilines is 2. The molecule has 7 nitrogen and oxygen atoms in total. The number of fused-ring (bicyclic) bond motifs is 1. The van der Waals surface area contributed by atoms with Crippen LogP contribution in [0.5, 0.6) is 0 Å². The van der Waals surface area contributed by atoms with Crippen LogP contribution in [0.1, 0.15) is 19.8 Å². The van der Waals surface area contributed by atoms with Crippen molar-refractivity contribution in [1.29, 1.82) is 0 Å². The molecule has 1 aliphatic heterocycles. The normalized spacial score (nSPS) is 17.6. The fourth-order valence-electron chi connectivity index (χ4n) is 2.73. The van der Waals surface area contributed by atoms with Crippen molar-refractivity contribution in [2.45, 2.75) is 19.8 Å². The van der Waals surface area contributed by atoms with Gasteiger partial charge in [0.1, 0.15) is 5.82 Å². The lowest BCUT2D eigenvalue weighted by Crippen LogP contribution is -2.35. The number of nitrogens with two attached hydrogens (primary N) is 1. The number of aromatic nitrogens is 4. The maximum Gasteiger partial charge on any atom is 0.224 e. The van der Waals surface area contributed by atoms with Crippen LogP contribution in [0.15, 0.2) is 6.20 Å². The minimum Gasteiger partial charge on any atom is -0.369 e. The van der Waals surface area contributed by atoms with Crippen LogP contribution in [0, 0.1) is 5.92 Å². The summed E-state index contributed by atoms with van der Waals surface area (Å²) in [4.78, 5) is 10.9. The highest BCUT2D eigenvalue weighted by Crippen LogP contribution is 2.21. The fraction of sp³-hybridized carbons (Fsp3) is 0.615. The Morgan fingerprint density at radius 2 is 2.20 bits per heavy atom. The number of nitrogen functional groups attached to an aromatic ring is 1. The van der Waals surface area contributed by atoms with E-state index in [-0.39, 0.29) is 5.95 Å². The molecule has 0 aliphatic carbocycles. The lowest BCUT2D eigenvalue weighted by molar-refractivity contribution is 0.198. The van der Waals surface area contributed by atoms with Crippen molar-refractivity contribution in [3.8, 4) is 0 Å². The summed E-state index contributed by atoms with van der Waals surface area (Å²) >= 11 is 0. The molecule has 0 bridgehead atoms. The van der Waals surface area contributed by atoms with Crippen LogP contribution < -0.4 is 11.1 Å². The lowest BCUT2D eigenvalue weighted by Gasteiger charge is -2.31. The first kappa shape index (κ1) is 13.1. The van der Waals surface area contributed by atoms with Gasteiger partial charge in [0.15, 0.2) is 5.65 Å². The van der Waals surface area contributed by atoms with E-state index in [4.69, 9.17) is 5.73 Å². The highest BCUT2D eigenvalue weighted by Gasteiger charge is 2.18. The molecule has 2 aromatic heterocycles. The van der Waals surface area contributed by atoms with Gasteiger partial charge in [-0.3, -0.25) is 5.10 Å². The van der Waals surface area contributed by atoms with Crippen LogP contribution in [-0.2, 0) is 0 Å². The predicted molar refractivity (Wildman–Crippen MR) is 79.4 cm³/mol. The van der Waals surface area contributed by atoms with Gasteiger partial charge in [0, 0.05) is 6.54 Å². The molecule has 0 amide bonds. The summed E-state index contributed by atoms with van der Waals surface area (Å²) in [5.74, 6) is 1.74. The molecule has 4 N–H and O–H groups in total. The SMILES string of the molecule is CCN1CCC(CNc2nc(N)nc3[nH]ncc23)CC1. The van der Waals surface area contributed by atoms with Crippen LogP contribution >= 0.6 is 0 Å². The van der Waals surface area contributed by atoms with Crippen molar-refractivity contribution < 1.29 is 0 Å². The van der Waals surface area contributed by atoms with E-state index in [2.05, 4.69) is 37.3 Å². The lowest BCUT2D eigenvalue weighted by atomic mass is 9.97. The third-order valence-corrected chi connectivity index (χ3v) is 4.04. The first-order chi connectivity index (χ1) is 9.76. The minimum atomic E-state index is 0.269. The quantitative estimate of drug-likeness (QED) is 0.772. The van der Waals surface area contributed by atoms with Crippen molar-refractivity contribution in [2.75, 3.05) is 37.2 Å². The number of aromatic amines is 1. The average molecular weight is 275 g/mol. The number of H-pyrrole nitrogens is 1. The van der Waals surface area contributed by atoms with E-state index in [1.54, 1.807) is 6.20 Å². The largest absolute Gasteiger partial charge is 0.369 e. The van der Waals surface area contributed by atoms with Crippen LogP contribution in [0.4, 0.5) is 11.8 Å². The van der Waals surface area contributed by atoms with Gasteiger partial charge in [-0.25, -0.2) is 0 Å². The Morgan fingerprint density at radius 1 is 1.40 bits per heavy atom. The molecular weight excluding hydrogens is 254 g/mol. The third-order valence-electron chi connectivity index (χ3n) is 4.04. The monoisotopic (exact) mass is 275 g/mol. The molecule has 1 fully saturated rings. The number of nitrogens with one attached hydrogen (secondary N) is 2. The molecule has 3 rings (SSSR count). The topological polar surface area (TPSA) is 95.7 Å². The van der Waals surface area contributed by atoms with E-state index in [1.165, 1.54) is 25.9 Å². The molecule has 1 saturated heterocycles. The average Bonchev–Trinajstić information content (AvgIpc) is 2.93. The van der Waals surface area contributed by atoms with E-state index in [0.717, 1.165) is 24.3 Å². The summed E-state index contributed by atoms with van der Waals surface area (Å²) in [7, 11) is 0. The number of rotatable bonds is 4. The summed E-state index contributed by atoms with van der Waals surface area (Å²) in [5, 5.41) is 11.1. The summed E-state index contributed by atoms with van der Waals surface area (Å²) in [5.41, 5.74) is 6.39. The van der Waals surface area contributed by atoms with E-state index < -0.39 is 0 Å². The Labute approximate surface area is 118 Å². The predicted octanol–water partition coefficient (Wildman–Crippen LogP) is 1.08.